The fourth-order valence-corrected chi connectivity index (χ4v) is 2.62. The monoisotopic (exact) mass is 254 g/mol. The first-order chi connectivity index (χ1) is 8.19. The van der Waals surface area contributed by atoms with Gasteiger partial charge in [0, 0.05) is 13.1 Å². The molecule has 1 aromatic carbocycles. The molecule has 0 spiro atoms. The van der Waals surface area contributed by atoms with Crippen molar-refractivity contribution >= 4 is 11.6 Å². The van der Waals surface area contributed by atoms with Crippen molar-refractivity contribution in [1.29, 1.82) is 0 Å². The Bertz CT molecular complexity index is 384. The molecule has 0 radical (unpaired) electrons. The molecule has 0 bridgehead atoms. The van der Waals surface area contributed by atoms with Crippen LogP contribution in [0.1, 0.15) is 12.0 Å². The summed E-state index contributed by atoms with van der Waals surface area (Å²) in [5.74, 6) is 0.914. The highest BCUT2D eigenvalue weighted by molar-refractivity contribution is 6.32. The molecule has 3 nitrogen and oxygen atoms in total. The normalized spacial score (nSPS) is 20.9. The van der Waals surface area contributed by atoms with Gasteiger partial charge in [-0.15, -0.1) is 0 Å². The average Bonchev–Trinajstić information content (AvgIpc) is 2.72. The first-order valence-electron chi connectivity index (χ1n) is 6.03. The van der Waals surface area contributed by atoms with Gasteiger partial charge in [0.15, 0.2) is 0 Å². The summed E-state index contributed by atoms with van der Waals surface area (Å²) in [5, 5.41) is 13.0. The maximum Gasteiger partial charge on any atom is 0.134 e. The molecule has 1 heterocycles. The van der Waals surface area contributed by atoms with Crippen LogP contribution in [0.15, 0.2) is 18.2 Å². The van der Waals surface area contributed by atoms with E-state index in [4.69, 9.17) is 11.6 Å². The minimum absolute atomic E-state index is 0.157. The second kappa shape index (κ2) is 5.71. The van der Waals surface area contributed by atoms with E-state index in [2.05, 4.69) is 10.2 Å². The van der Waals surface area contributed by atoms with E-state index >= 15 is 0 Å². The molecule has 2 N–H and O–H groups in total. The molecule has 1 aromatic rings. The van der Waals surface area contributed by atoms with E-state index in [-0.39, 0.29) is 5.75 Å². The molecule has 0 aromatic heterocycles. The molecule has 1 aliphatic rings. The van der Waals surface area contributed by atoms with Crippen molar-refractivity contribution in [2.75, 3.05) is 26.7 Å². The van der Waals surface area contributed by atoms with Crippen LogP contribution in [0.25, 0.3) is 0 Å². The van der Waals surface area contributed by atoms with Crippen LogP contribution in [0.5, 0.6) is 5.75 Å². The van der Waals surface area contributed by atoms with Crippen LogP contribution in [0.3, 0.4) is 0 Å². The van der Waals surface area contributed by atoms with Crippen LogP contribution < -0.4 is 5.32 Å². The molecule has 1 aliphatic heterocycles. The van der Waals surface area contributed by atoms with Crippen molar-refractivity contribution in [1.82, 2.24) is 10.2 Å². The summed E-state index contributed by atoms with van der Waals surface area (Å²) < 4.78 is 0. The lowest BCUT2D eigenvalue weighted by molar-refractivity contribution is 0.315. The summed E-state index contributed by atoms with van der Waals surface area (Å²) in [7, 11) is 2.00. The number of phenols is 1. The third-order valence-electron chi connectivity index (χ3n) is 3.28. The zero-order valence-electron chi connectivity index (χ0n) is 10.1. The summed E-state index contributed by atoms with van der Waals surface area (Å²) in [6.07, 6.45) is 1.26. The van der Waals surface area contributed by atoms with Gasteiger partial charge in [-0.25, -0.2) is 0 Å². The maximum atomic E-state index is 9.36. The Hall–Kier alpha value is -0.770. The molecule has 0 aliphatic carbocycles. The standard InChI is InChI=1S/C13H19ClN2O/c1-15-7-11-4-5-16(9-11)8-10-2-3-13(17)12(14)6-10/h2-3,6,11,15,17H,4-5,7-9H2,1H3. The van der Waals surface area contributed by atoms with Crippen LogP contribution in [0.4, 0.5) is 0 Å². The van der Waals surface area contributed by atoms with E-state index in [1.807, 2.05) is 19.2 Å². The van der Waals surface area contributed by atoms with Crippen LogP contribution in [0, 0.1) is 5.92 Å². The Morgan fingerprint density at radius 1 is 1.53 bits per heavy atom. The van der Waals surface area contributed by atoms with Gasteiger partial charge in [-0.3, -0.25) is 4.90 Å². The first kappa shape index (κ1) is 12.7. The second-order valence-electron chi connectivity index (χ2n) is 4.73. The van der Waals surface area contributed by atoms with Crippen LogP contribution in [-0.2, 0) is 6.54 Å². The number of benzene rings is 1. The Morgan fingerprint density at radius 3 is 3.06 bits per heavy atom. The number of phenolic OH excluding ortho intramolecular Hbond substituents is 1. The van der Waals surface area contributed by atoms with Gasteiger partial charge < -0.3 is 10.4 Å². The fourth-order valence-electron chi connectivity index (χ4n) is 2.42. The molecule has 1 atom stereocenters. The third-order valence-corrected chi connectivity index (χ3v) is 3.58. The van der Waals surface area contributed by atoms with Crippen molar-refractivity contribution in [3.63, 3.8) is 0 Å². The van der Waals surface area contributed by atoms with E-state index in [0.29, 0.717) is 5.02 Å². The smallest absolute Gasteiger partial charge is 0.134 e. The molecule has 94 valence electrons. The van der Waals surface area contributed by atoms with Crippen molar-refractivity contribution in [2.24, 2.45) is 5.92 Å². The summed E-state index contributed by atoms with van der Waals surface area (Å²) in [5.41, 5.74) is 1.16. The van der Waals surface area contributed by atoms with Crippen LogP contribution >= 0.6 is 11.6 Å². The zero-order valence-corrected chi connectivity index (χ0v) is 10.9. The average molecular weight is 255 g/mol. The van der Waals surface area contributed by atoms with Gasteiger partial charge in [-0.1, -0.05) is 17.7 Å². The molecule has 0 amide bonds. The largest absolute Gasteiger partial charge is 0.506 e. The summed E-state index contributed by atoms with van der Waals surface area (Å²) >= 11 is 5.90. The lowest BCUT2D eigenvalue weighted by Gasteiger charge is -2.16. The minimum atomic E-state index is 0.157. The predicted octanol–water partition coefficient (Wildman–Crippen LogP) is 2.09. The molecule has 4 heteroatoms. The number of nitrogens with one attached hydrogen (secondary N) is 1. The van der Waals surface area contributed by atoms with Gasteiger partial charge in [0.1, 0.15) is 5.75 Å². The first-order valence-corrected chi connectivity index (χ1v) is 6.41. The van der Waals surface area contributed by atoms with E-state index in [1.165, 1.54) is 6.42 Å². The highest BCUT2D eigenvalue weighted by Crippen LogP contribution is 2.25. The lowest BCUT2D eigenvalue weighted by atomic mass is 10.1. The molecule has 2 rings (SSSR count). The molecular formula is C13H19ClN2O. The van der Waals surface area contributed by atoms with Gasteiger partial charge in [-0.2, -0.15) is 0 Å². The predicted molar refractivity (Wildman–Crippen MR) is 70.4 cm³/mol. The fraction of sp³-hybridized carbons (Fsp3) is 0.538. The van der Waals surface area contributed by atoms with Gasteiger partial charge in [0.2, 0.25) is 0 Å². The number of rotatable bonds is 4. The van der Waals surface area contributed by atoms with Crippen molar-refractivity contribution in [3.05, 3.63) is 28.8 Å². The van der Waals surface area contributed by atoms with E-state index in [0.717, 1.165) is 37.7 Å². The van der Waals surface area contributed by atoms with Gasteiger partial charge >= 0.3 is 0 Å². The Balaban J connectivity index is 1.91. The number of halogens is 1. The molecule has 1 unspecified atom stereocenters. The summed E-state index contributed by atoms with van der Waals surface area (Å²) in [6.45, 7) is 4.29. The number of nitrogens with zero attached hydrogens (tertiary/aromatic N) is 1. The van der Waals surface area contributed by atoms with Gasteiger partial charge in [0.05, 0.1) is 5.02 Å². The van der Waals surface area contributed by atoms with Gasteiger partial charge in [-0.05, 0) is 50.2 Å². The SMILES string of the molecule is CNCC1CCN(Cc2ccc(O)c(Cl)c2)C1. The zero-order chi connectivity index (χ0) is 12.3. The highest BCUT2D eigenvalue weighted by Gasteiger charge is 2.21. The number of hydrogen-bond acceptors (Lipinski definition) is 3. The molecule has 1 saturated heterocycles. The summed E-state index contributed by atoms with van der Waals surface area (Å²) in [6, 6.07) is 5.45. The Kier molecular flexibility index (Phi) is 4.26. The van der Waals surface area contributed by atoms with E-state index in [9.17, 15) is 5.11 Å². The Morgan fingerprint density at radius 2 is 2.35 bits per heavy atom. The van der Waals surface area contributed by atoms with Crippen molar-refractivity contribution in [2.45, 2.75) is 13.0 Å². The van der Waals surface area contributed by atoms with Crippen molar-refractivity contribution < 1.29 is 5.11 Å². The maximum absolute atomic E-state index is 9.36. The van der Waals surface area contributed by atoms with Crippen LogP contribution in [0.2, 0.25) is 5.02 Å². The second-order valence-corrected chi connectivity index (χ2v) is 5.14. The number of likely N-dealkylation sites (tertiary alicyclic amines) is 1. The molecule has 1 fully saturated rings. The van der Waals surface area contributed by atoms with E-state index < -0.39 is 0 Å². The molecule has 17 heavy (non-hydrogen) atoms. The summed E-state index contributed by atoms with van der Waals surface area (Å²) in [4.78, 5) is 2.44. The molecular weight excluding hydrogens is 236 g/mol. The third kappa shape index (κ3) is 3.35. The quantitative estimate of drug-likeness (QED) is 0.864. The number of hydrogen-bond donors (Lipinski definition) is 2. The Labute approximate surface area is 107 Å². The van der Waals surface area contributed by atoms with E-state index in [1.54, 1.807) is 6.07 Å². The van der Waals surface area contributed by atoms with Crippen molar-refractivity contribution in [3.8, 4) is 5.75 Å². The minimum Gasteiger partial charge on any atom is -0.506 e. The van der Waals surface area contributed by atoms with Crippen LogP contribution in [-0.4, -0.2) is 36.7 Å². The number of aromatic hydroxyl groups is 1. The lowest BCUT2D eigenvalue weighted by Crippen LogP contribution is -2.24. The highest BCUT2D eigenvalue weighted by atomic mass is 35.5. The molecule has 0 saturated carbocycles. The topological polar surface area (TPSA) is 35.5 Å². The van der Waals surface area contributed by atoms with Gasteiger partial charge in [0.25, 0.3) is 0 Å².